The number of hydrogen-bond acceptors (Lipinski definition) is 4. The summed E-state index contributed by atoms with van der Waals surface area (Å²) in [5.41, 5.74) is 7.67. The highest BCUT2D eigenvalue weighted by atomic mass is 32.2. The van der Waals surface area contributed by atoms with Crippen molar-refractivity contribution in [2.24, 2.45) is 0 Å². The Hall–Kier alpha value is -2.08. The molecule has 2 heterocycles. The summed E-state index contributed by atoms with van der Waals surface area (Å²) >= 11 is 1.49. The highest BCUT2D eigenvalue weighted by Gasteiger charge is 2.06. The zero-order valence-electron chi connectivity index (χ0n) is 9.95. The second-order valence-corrected chi connectivity index (χ2v) is 5.04. The minimum Gasteiger partial charge on any atom is -0.399 e. The molecule has 4 nitrogen and oxygen atoms in total. The lowest BCUT2D eigenvalue weighted by Gasteiger charge is -2.02. The van der Waals surface area contributed by atoms with Crippen molar-refractivity contribution in [1.29, 1.82) is 0 Å². The molecule has 0 aliphatic heterocycles. The largest absolute Gasteiger partial charge is 0.399 e. The number of thioether (sulfide) groups is 1. The number of nitrogen functional groups attached to an aromatic ring is 1. The van der Waals surface area contributed by atoms with Gasteiger partial charge >= 0.3 is 0 Å². The number of aromatic nitrogens is 3. The number of anilines is 1. The topological polar surface area (TPSA) is 56.2 Å². The van der Waals surface area contributed by atoms with E-state index in [4.69, 9.17) is 5.73 Å². The summed E-state index contributed by atoms with van der Waals surface area (Å²) in [6.07, 6.45) is 1.90. The number of hydrogen-bond donors (Lipinski definition) is 1. The van der Waals surface area contributed by atoms with Crippen LogP contribution in [0.5, 0.6) is 0 Å². The molecular weight excluding hydrogens is 263 g/mol. The van der Waals surface area contributed by atoms with E-state index < -0.39 is 0 Å². The van der Waals surface area contributed by atoms with Gasteiger partial charge in [-0.05, 0) is 35.9 Å². The third-order valence-corrected chi connectivity index (χ3v) is 3.64. The van der Waals surface area contributed by atoms with Gasteiger partial charge in [0.05, 0.1) is 0 Å². The van der Waals surface area contributed by atoms with E-state index in [0.29, 0.717) is 11.4 Å². The van der Waals surface area contributed by atoms with E-state index in [9.17, 15) is 4.39 Å². The molecular formula is C13H11FN4S. The van der Waals surface area contributed by atoms with Crippen LogP contribution in [0.3, 0.4) is 0 Å². The van der Waals surface area contributed by atoms with E-state index in [0.717, 1.165) is 16.4 Å². The van der Waals surface area contributed by atoms with Crippen LogP contribution in [0.15, 0.2) is 47.8 Å². The quantitative estimate of drug-likeness (QED) is 0.589. The molecule has 2 aromatic heterocycles. The van der Waals surface area contributed by atoms with Crippen LogP contribution >= 0.6 is 11.8 Å². The van der Waals surface area contributed by atoms with E-state index in [-0.39, 0.29) is 5.82 Å². The molecule has 0 amide bonds. The third-order valence-electron chi connectivity index (χ3n) is 2.63. The summed E-state index contributed by atoms with van der Waals surface area (Å²) in [5.74, 6) is 0.277. The van der Waals surface area contributed by atoms with Gasteiger partial charge in [0, 0.05) is 17.6 Å². The van der Waals surface area contributed by atoms with Gasteiger partial charge in [0.1, 0.15) is 5.82 Å². The van der Waals surface area contributed by atoms with Crippen molar-refractivity contribution in [3.05, 3.63) is 54.0 Å². The second-order valence-electron chi connectivity index (χ2n) is 4.09. The van der Waals surface area contributed by atoms with Crippen molar-refractivity contribution < 1.29 is 4.39 Å². The maximum Gasteiger partial charge on any atom is 0.195 e. The van der Waals surface area contributed by atoms with Crippen molar-refractivity contribution in [1.82, 2.24) is 14.6 Å². The van der Waals surface area contributed by atoms with Gasteiger partial charge in [-0.25, -0.2) is 4.39 Å². The fourth-order valence-electron chi connectivity index (χ4n) is 1.82. The lowest BCUT2D eigenvalue weighted by Crippen LogP contribution is -1.91. The number of fused-ring (bicyclic) bond motifs is 1. The van der Waals surface area contributed by atoms with E-state index in [1.807, 2.05) is 28.8 Å². The highest BCUT2D eigenvalue weighted by molar-refractivity contribution is 7.98. The Balaban J connectivity index is 1.82. The Kier molecular flexibility index (Phi) is 3.08. The molecule has 0 saturated heterocycles. The second kappa shape index (κ2) is 4.89. The Morgan fingerprint density at radius 1 is 1.21 bits per heavy atom. The minimum absolute atomic E-state index is 0.318. The lowest BCUT2D eigenvalue weighted by atomic mass is 10.2. The van der Waals surface area contributed by atoms with Crippen molar-refractivity contribution >= 4 is 23.1 Å². The van der Waals surface area contributed by atoms with Gasteiger partial charge in [0.2, 0.25) is 0 Å². The van der Waals surface area contributed by atoms with Gasteiger partial charge in [-0.3, -0.25) is 4.40 Å². The first-order chi connectivity index (χ1) is 9.22. The van der Waals surface area contributed by atoms with E-state index in [1.165, 1.54) is 23.9 Å². The van der Waals surface area contributed by atoms with Gasteiger partial charge in [-0.15, -0.1) is 10.2 Å². The number of nitrogens with zero attached hydrogens (tertiary/aromatic N) is 3. The molecule has 2 N–H and O–H groups in total. The summed E-state index contributed by atoms with van der Waals surface area (Å²) in [4.78, 5) is 0. The monoisotopic (exact) mass is 274 g/mol. The van der Waals surface area contributed by atoms with Gasteiger partial charge in [0.25, 0.3) is 0 Å². The fraction of sp³-hybridized carbons (Fsp3) is 0.0769. The Bertz CT molecular complexity index is 705. The van der Waals surface area contributed by atoms with E-state index in [2.05, 4.69) is 10.2 Å². The molecule has 0 saturated carbocycles. The number of pyridine rings is 1. The molecule has 0 atom stereocenters. The van der Waals surface area contributed by atoms with Crippen LogP contribution in [0.4, 0.5) is 10.1 Å². The van der Waals surface area contributed by atoms with Crippen molar-refractivity contribution in [3.63, 3.8) is 0 Å². The van der Waals surface area contributed by atoms with Crippen LogP contribution < -0.4 is 5.73 Å². The minimum atomic E-state index is -0.318. The van der Waals surface area contributed by atoms with Gasteiger partial charge < -0.3 is 5.73 Å². The predicted molar refractivity (Wildman–Crippen MR) is 73.4 cm³/mol. The summed E-state index contributed by atoms with van der Waals surface area (Å²) < 4.78 is 15.1. The first-order valence-corrected chi connectivity index (χ1v) is 6.68. The van der Waals surface area contributed by atoms with Gasteiger partial charge in [-0.2, -0.15) is 0 Å². The van der Waals surface area contributed by atoms with Crippen LogP contribution in [0.1, 0.15) is 5.56 Å². The molecule has 3 aromatic rings. The zero-order chi connectivity index (χ0) is 13.2. The van der Waals surface area contributed by atoms with Crippen molar-refractivity contribution in [3.8, 4) is 0 Å². The molecule has 0 fully saturated rings. The average Bonchev–Trinajstić information content (AvgIpc) is 2.78. The molecule has 0 aliphatic rings. The van der Waals surface area contributed by atoms with E-state index >= 15 is 0 Å². The molecule has 19 heavy (non-hydrogen) atoms. The molecule has 96 valence electrons. The maximum atomic E-state index is 13.2. The number of nitrogens with two attached hydrogens (primary N) is 1. The van der Waals surface area contributed by atoms with Gasteiger partial charge in [0.15, 0.2) is 10.8 Å². The lowest BCUT2D eigenvalue weighted by molar-refractivity contribution is 0.627. The van der Waals surface area contributed by atoms with Crippen LogP contribution in [0.2, 0.25) is 0 Å². The third kappa shape index (κ3) is 2.53. The zero-order valence-corrected chi connectivity index (χ0v) is 10.8. The summed E-state index contributed by atoms with van der Waals surface area (Å²) in [6, 6.07) is 10.3. The summed E-state index contributed by atoms with van der Waals surface area (Å²) in [7, 11) is 0. The highest BCUT2D eigenvalue weighted by Crippen LogP contribution is 2.23. The number of rotatable bonds is 3. The Morgan fingerprint density at radius 2 is 2.11 bits per heavy atom. The average molecular weight is 274 g/mol. The standard InChI is InChI=1S/C13H11FN4S/c14-10-5-9(6-11(15)7-10)8-19-13-17-16-12-3-1-2-4-18(12)13/h1-7H,8,15H2. The fourth-order valence-corrected chi connectivity index (χ4v) is 2.68. The molecule has 1 aromatic carbocycles. The van der Waals surface area contributed by atoms with Crippen LogP contribution in [0, 0.1) is 5.82 Å². The molecule has 0 unspecified atom stereocenters. The van der Waals surface area contributed by atoms with Crippen molar-refractivity contribution in [2.75, 3.05) is 5.73 Å². The molecule has 0 aliphatic carbocycles. The number of benzene rings is 1. The predicted octanol–water partition coefficient (Wildman–Crippen LogP) is 2.74. The smallest absolute Gasteiger partial charge is 0.195 e. The van der Waals surface area contributed by atoms with E-state index in [1.54, 1.807) is 6.07 Å². The number of halogens is 1. The molecule has 0 bridgehead atoms. The summed E-state index contributed by atoms with van der Waals surface area (Å²) in [6.45, 7) is 0. The first-order valence-electron chi connectivity index (χ1n) is 5.70. The SMILES string of the molecule is Nc1cc(F)cc(CSc2nnc3ccccn23)c1. The molecule has 0 radical (unpaired) electrons. The maximum absolute atomic E-state index is 13.2. The van der Waals surface area contributed by atoms with Crippen LogP contribution in [-0.4, -0.2) is 14.6 Å². The van der Waals surface area contributed by atoms with Crippen LogP contribution in [-0.2, 0) is 5.75 Å². The molecule has 6 heteroatoms. The van der Waals surface area contributed by atoms with Gasteiger partial charge in [-0.1, -0.05) is 17.8 Å². The summed E-state index contributed by atoms with van der Waals surface area (Å²) in [5, 5.41) is 8.94. The Labute approximate surface area is 113 Å². The molecule has 0 spiro atoms. The first kappa shape index (κ1) is 12.0. The molecule has 3 rings (SSSR count). The van der Waals surface area contributed by atoms with Crippen LogP contribution in [0.25, 0.3) is 5.65 Å². The normalized spacial score (nSPS) is 11.0. The van der Waals surface area contributed by atoms with Crippen molar-refractivity contribution in [2.45, 2.75) is 10.9 Å². The Morgan fingerprint density at radius 3 is 2.95 bits per heavy atom.